The summed E-state index contributed by atoms with van der Waals surface area (Å²) < 4.78 is 7.20. The summed E-state index contributed by atoms with van der Waals surface area (Å²) in [4.78, 5) is 11.4. The molecule has 4 aromatic rings. The molecule has 0 unspecified atom stereocenters. The van der Waals surface area contributed by atoms with Crippen molar-refractivity contribution < 1.29 is 4.74 Å². The summed E-state index contributed by atoms with van der Waals surface area (Å²) in [6, 6.07) is 18.8. The van der Waals surface area contributed by atoms with E-state index in [1.54, 1.807) is 11.3 Å². The molecule has 5 rings (SSSR count). The largest absolute Gasteiger partial charge is 0.492 e. The van der Waals surface area contributed by atoms with Gasteiger partial charge in [-0.2, -0.15) is 0 Å². The Morgan fingerprint density at radius 3 is 2.69 bits per heavy atom. The third-order valence-corrected chi connectivity index (χ3v) is 6.85. The van der Waals surface area contributed by atoms with Crippen molar-refractivity contribution in [3.05, 3.63) is 72.6 Å². The van der Waals surface area contributed by atoms with Crippen molar-refractivity contribution in [1.29, 1.82) is 0 Å². The van der Waals surface area contributed by atoms with Crippen LogP contribution in [0.3, 0.4) is 0 Å². The van der Waals surface area contributed by atoms with Crippen molar-refractivity contribution in [3.8, 4) is 16.9 Å². The zero-order valence-corrected chi connectivity index (χ0v) is 19.0. The van der Waals surface area contributed by atoms with E-state index in [2.05, 4.69) is 51.6 Å². The Kier molecular flexibility index (Phi) is 6.61. The molecule has 1 fully saturated rings. The van der Waals surface area contributed by atoms with Crippen molar-refractivity contribution in [2.75, 3.05) is 31.6 Å². The summed E-state index contributed by atoms with van der Waals surface area (Å²) in [7, 11) is 0. The summed E-state index contributed by atoms with van der Waals surface area (Å²) in [6.45, 7) is 4.89. The molecular formula is C26H28N4OS. The number of hydrogen-bond acceptors (Lipinski definition) is 6. The molecule has 1 saturated heterocycles. The van der Waals surface area contributed by atoms with Gasteiger partial charge in [-0.25, -0.2) is 4.98 Å². The summed E-state index contributed by atoms with van der Waals surface area (Å²) in [5.74, 6) is 0.938. The van der Waals surface area contributed by atoms with E-state index in [0.717, 1.165) is 36.1 Å². The third-order valence-electron chi connectivity index (χ3n) is 5.87. The SMILES string of the molecule is c1cc(CNc2nc3ccc(-c4ccncc4)cc3s2)cc(OCCN2CCCCC2)c1. The monoisotopic (exact) mass is 444 g/mol. The number of pyridine rings is 1. The van der Waals surface area contributed by atoms with E-state index in [1.165, 1.54) is 53.7 Å². The molecule has 6 heteroatoms. The van der Waals surface area contributed by atoms with Gasteiger partial charge in [-0.05, 0) is 79.0 Å². The number of rotatable bonds is 8. The van der Waals surface area contributed by atoms with Crippen LogP contribution in [0.15, 0.2) is 67.0 Å². The van der Waals surface area contributed by atoms with Gasteiger partial charge < -0.3 is 10.1 Å². The molecule has 0 radical (unpaired) electrons. The minimum atomic E-state index is 0.723. The van der Waals surface area contributed by atoms with E-state index in [4.69, 9.17) is 9.72 Å². The lowest BCUT2D eigenvalue weighted by molar-refractivity contribution is 0.183. The van der Waals surface area contributed by atoms with Crippen molar-refractivity contribution >= 4 is 26.7 Å². The smallest absolute Gasteiger partial charge is 0.184 e. The molecule has 5 nitrogen and oxygen atoms in total. The number of piperidine rings is 1. The second kappa shape index (κ2) is 10.1. The van der Waals surface area contributed by atoms with E-state index in [1.807, 2.05) is 30.6 Å². The molecule has 1 aliphatic rings. The predicted octanol–water partition coefficient (Wildman–Crippen LogP) is 5.84. The minimum absolute atomic E-state index is 0.723. The zero-order chi connectivity index (χ0) is 21.6. The number of thiazole rings is 1. The molecule has 3 heterocycles. The van der Waals surface area contributed by atoms with E-state index in [-0.39, 0.29) is 0 Å². The van der Waals surface area contributed by atoms with Crippen molar-refractivity contribution in [3.63, 3.8) is 0 Å². The molecule has 2 aromatic carbocycles. The maximum absolute atomic E-state index is 6.02. The number of nitrogens with one attached hydrogen (secondary N) is 1. The summed E-state index contributed by atoms with van der Waals surface area (Å²) >= 11 is 1.68. The molecule has 164 valence electrons. The Morgan fingerprint density at radius 2 is 1.81 bits per heavy atom. The average molecular weight is 445 g/mol. The molecule has 1 N–H and O–H groups in total. The number of benzene rings is 2. The molecule has 0 aliphatic carbocycles. The van der Waals surface area contributed by atoms with E-state index in [9.17, 15) is 0 Å². The van der Waals surface area contributed by atoms with Crippen molar-refractivity contribution in [2.24, 2.45) is 0 Å². The van der Waals surface area contributed by atoms with Crippen LogP contribution >= 0.6 is 11.3 Å². The van der Waals surface area contributed by atoms with Crippen LogP contribution in [0.1, 0.15) is 24.8 Å². The fourth-order valence-corrected chi connectivity index (χ4v) is 5.02. The summed E-state index contributed by atoms with van der Waals surface area (Å²) in [5.41, 5.74) is 4.56. The Bertz CT molecular complexity index is 1150. The highest BCUT2D eigenvalue weighted by atomic mass is 32.1. The van der Waals surface area contributed by atoms with Gasteiger partial charge in [0.05, 0.1) is 10.2 Å². The number of ether oxygens (including phenoxy) is 1. The van der Waals surface area contributed by atoms with Crippen LogP contribution in [0, 0.1) is 0 Å². The first kappa shape index (κ1) is 20.9. The number of fused-ring (bicyclic) bond motifs is 1. The number of likely N-dealkylation sites (tertiary alicyclic amines) is 1. The molecule has 0 amide bonds. The fraction of sp³-hybridized carbons (Fsp3) is 0.308. The maximum atomic E-state index is 6.02. The highest BCUT2D eigenvalue weighted by molar-refractivity contribution is 7.22. The van der Waals surface area contributed by atoms with Crippen molar-refractivity contribution in [2.45, 2.75) is 25.8 Å². The minimum Gasteiger partial charge on any atom is -0.492 e. The number of hydrogen-bond donors (Lipinski definition) is 1. The van der Waals surface area contributed by atoms with Gasteiger partial charge in [0.25, 0.3) is 0 Å². The van der Waals surface area contributed by atoms with Gasteiger partial charge in [0, 0.05) is 25.5 Å². The first-order chi connectivity index (χ1) is 15.8. The van der Waals surface area contributed by atoms with Gasteiger partial charge in [0.1, 0.15) is 12.4 Å². The van der Waals surface area contributed by atoms with E-state index in [0.29, 0.717) is 0 Å². The molecule has 0 saturated carbocycles. The van der Waals surface area contributed by atoms with Gasteiger partial charge in [-0.1, -0.05) is 36.0 Å². The topological polar surface area (TPSA) is 50.3 Å². The highest BCUT2D eigenvalue weighted by Gasteiger charge is 2.10. The lowest BCUT2D eigenvalue weighted by Crippen LogP contribution is -2.33. The molecule has 1 aliphatic heterocycles. The molecule has 32 heavy (non-hydrogen) atoms. The van der Waals surface area contributed by atoms with E-state index >= 15 is 0 Å². The molecule has 2 aromatic heterocycles. The summed E-state index contributed by atoms with van der Waals surface area (Å²) in [5, 5.41) is 4.41. The van der Waals surface area contributed by atoms with E-state index < -0.39 is 0 Å². The van der Waals surface area contributed by atoms with Crippen LogP contribution in [0.2, 0.25) is 0 Å². The van der Waals surface area contributed by atoms with Gasteiger partial charge >= 0.3 is 0 Å². The predicted molar refractivity (Wildman–Crippen MR) is 132 cm³/mol. The van der Waals surface area contributed by atoms with Crippen LogP contribution < -0.4 is 10.1 Å². The van der Waals surface area contributed by atoms with Crippen LogP contribution in [0.4, 0.5) is 5.13 Å². The standard InChI is InChI=1S/C26H28N4OS/c1-2-13-30(14-3-1)15-16-31-23-6-4-5-20(17-23)19-28-26-29-24-8-7-22(18-25(24)32-26)21-9-11-27-12-10-21/h4-12,17-18H,1-3,13-16,19H2,(H,28,29). The Morgan fingerprint density at radius 1 is 0.938 bits per heavy atom. The lowest BCUT2D eigenvalue weighted by Gasteiger charge is -2.26. The van der Waals surface area contributed by atoms with Gasteiger partial charge in [0.2, 0.25) is 0 Å². The number of aromatic nitrogens is 2. The Labute approximate surface area is 193 Å². The maximum Gasteiger partial charge on any atom is 0.184 e. The van der Waals surface area contributed by atoms with Crippen LogP contribution in [-0.4, -0.2) is 41.1 Å². The molecule has 0 spiro atoms. The highest BCUT2D eigenvalue weighted by Crippen LogP contribution is 2.30. The van der Waals surface area contributed by atoms with Crippen LogP contribution in [0.5, 0.6) is 5.75 Å². The summed E-state index contributed by atoms with van der Waals surface area (Å²) in [6.07, 6.45) is 7.65. The van der Waals surface area contributed by atoms with Crippen LogP contribution in [-0.2, 0) is 6.54 Å². The van der Waals surface area contributed by atoms with Gasteiger partial charge in [-0.15, -0.1) is 0 Å². The Balaban J connectivity index is 1.18. The van der Waals surface area contributed by atoms with Crippen LogP contribution in [0.25, 0.3) is 21.3 Å². The average Bonchev–Trinajstić information content (AvgIpc) is 3.27. The molecular weight excluding hydrogens is 416 g/mol. The second-order valence-electron chi connectivity index (χ2n) is 8.19. The second-order valence-corrected chi connectivity index (χ2v) is 9.22. The molecule has 0 atom stereocenters. The quantitative estimate of drug-likeness (QED) is 0.370. The number of anilines is 1. The first-order valence-electron chi connectivity index (χ1n) is 11.3. The zero-order valence-electron chi connectivity index (χ0n) is 18.2. The van der Waals surface area contributed by atoms with Gasteiger partial charge in [0.15, 0.2) is 5.13 Å². The lowest BCUT2D eigenvalue weighted by atomic mass is 10.1. The molecule has 0 bridgehead atoms. The third kappa shape index (κ3) is 5.26. The van der Waals surface area contributed by atoms with Gasteiger partial charge in [-0.3, -0.25) is 9.88 Å². The fourth-order valence-electron chi connectivity index (χ4n) is 4.12. The Hall–Kier alpha value is -2.96. The normalized spacial score (nSPS) is 14.5. The first-order valence-corrected chi connectivity index (χ1v) is 12.1. The van der Waals surface area contributed by atoms with Crippen molar-refractivity contribution in [1.82, 2.24) is 14.9 Å². The number of nitrogens with zero attached hydrogens (tertiary/aromatic N) is 3.